The number of carboxylic acid groups (broad SMARTS) is 1. The summed E-state index contributed by atoms with van der Waals surface area (Å²) < 4.78 is 2.32. The lowest BCUT2D eigenvalue weighted by atomic mass is 9.71. The van der Waals surface area contributed by atoms with E-state index in [0.29, 0.717) is 5.57 Å². The van der Waals surface area contributed by atoms with Crippen LogP contribution in [0.3, 0.4) is 0 Å². The number of carboxylic acids is 1. The van der Waals surface area contributed by atoms with E-state index in [2.05, 4.69) is 22.9 Å². The maximum Gasteiger partial charge on any atom is 0.311 e. The van der Waals surface area contributed by atoms with E-state index < -0.39 is 22.0 Å². The number of amides is 1. The van der Waals surface area contributed by atoms with Crippen LogP contribution in [0.25, 0.3) is 0 Å². The Kier molecular flexibility index (Phi) is 17.4. The number of unbranched alkanes of at least 4 members (excludes halogenated alkanes) is 8. The van der Waals surface area contributed by atoms with Crippen molar-refractivity contribution in [1.82, 2.24) is 5.32 Å². The smallest absolute Gasteiger partial charge is 0.311 e. The van der Waals surface area contributed by atoms with E-state index in [9.17, 15) is 19.6 Å². The van der Waals surface area contributed by atoms with Gasteiger partial charge in [0.25, 0.3) is 0 Å². The van der Waals surface area contributed by atoms with Gasteiger partial charge in [0, 0.05) is 29.5 Å². The summed E-state index contributed by atoms with van der Waals surface area (Å²) in [6, 6.07) is 0. The summed E-state index contributed by atoms with van der Waals surface area (Å²) in [7, 11) is 0. The normalized spacial score (nSPS) is 13.9. The molecule has 7 heteroatoms. The van der Waals surface area contributed by atoms with Crippen LogP contribution in [-0.2, 0) is 9.59 Å². The molecule has 35 heavy (non-hydrogen) atoms. The molecular weight excluding hydrogens is 460 g/mol. The third-order valence-corrected chi connectivity index (χ3v) is 6.70. The molecule has 0 bridgehead atoms. The number of rotatable bonds is 20. The van der Waals surface area contributed by atoms with Crippen LogP contribution in [0.1, 0.15) is 106 Å². The second-order valence-electron chi connectivity index (χ2n) is 10.5. The Morgan fingerprint density at radius 3 is 2.17 bits per heavy atom. The van der Waals surface area contributed by atoms with E-state index in [-0.39, 0.29) is 18.9 Å². The Labute approximate surface area is 217 Å². The number of nitrogens with one attached hydrogen (secondary N) is 1. The molecule has 1 atom stereocenters. The number of hydrogen-bond donors (Lipinski definition) is 2. The van der Waals surface area contributed by atoms with Crippen molar-refractivity contribution in [2.75, 3.05) is 6.54 Å². The fourth-order valence-electron chi connectivity index (χ4n) is 4.02. The molecule has 6 nitrogen and oxygen atoms in total. The zero-order chi connectivity index (χ0) is 26.7. The number of hydrogen-bond acceptors (Lipinski definition) is 5. The van der Waals surface area contributed by atoms with Crippen LogP contribution in [0.2, 0.25) is 0 Å². The third-order valence-electron chi connectivity index (χ3n) is 5.99. The molecule has 0 aliphatic carbocycles. The van der Waals surface area contributed by atoms with E-state index in [0.717, 1.165) is 24.8 Å². The lowest BCUT2D eigenvalue weighted by Gasteiger charge is -2.32. The third kappa shape index (κ3) is 15.7. The molecule has 0 heterocycles. The van der Waals surface area contributed by atoms with Gasteiger partial charge in [-0.05, 0) is 44.6 Å². The zero-order valence-electron chi connectivity index (χ0n) is 22.8. The average molecular weight is 509 g/mol. The predicted molar refractivity (Wildman–Crippen MR) is 149 cm³/mol. The molecule has 0 fully saturated rings. The van der Waals surface area contributed by atoms with Crippen molar-refractivity contribution >= 4 is 23.8 Å². The second kappa shape index (κ2) is 18.4. The quantitative estimate of drug-likeness (QED) is 0.0751. The molecule has 0 saturated carbocycles. The molecule has 0 radical (unpaired) electrons. The monoisotopic (exact) mass is 508 g/mol. The van der Waals surface area contributed by atoms with Crippen molar-refractivity contribution in [3.8, 4) is 0 Å². The van der Waals surface area contributed by atoms with Gasteiger partial charge in [0.1, 0.15) is 0 Å². The number of carbonyl (C=O) groups is 2. The van der Waals surface area contributed by atoms with Gasteiger partial charge in [-0.3, -0.25) is 9.59 Å². The summed E-state index contributed by atoms with van der Waals surface area (Å²) in [5.74, 6) is -2.02. The number of aliphatic carboxylic acids is 1. The summed E-state index contributed by atoms with van der Waals surface area (Å²) in [6.45, 7) is 11.7. The first-order valence-corrected chi connectivity index (χ1v) is 13.8. The molecular formula is C28H48N2O4S. The maximum absolute atomic E-state index is 12.6. The van der Waals surface area contributed by atoms with Crippen LogP contribution >= 0.6 is 11.9 Å². The highest BCUT2D eigenvalue weighted by molar-refractivity contribution is 7.99. The summed E-state index contributed by atoms with van der Waals surface area (Å²) in [5, 5.41) is 12.9. The van der Waals surface area contributed by atoms with Crippen molar-refractivity contribution in [3.05, 3.63) is 40.9 Å². The molecule has 0 aliphatic heterocycles. The molecule has 1 amide bonds. The fourth-order valence-corrected chi connectivity index (χ4v) is 4.36. The van der Waals surface area contributed by atoms with Gasteiger partial charge in [0.15, 0.2) is 0 Å². The van der Waals surface area contributed by atoms with Gasteiger partial charge in [-0.1, -0.05) is 96.1 Å². The summed E-state index contributed by atoms with van der Waals surface area (Å²) in [6.07, 6.45) is 20.5. The minimum absolute atomic E-state index is 0.0539. The van der Waals surface area contributed by atoms with Crippen LogP contribution in [0.15, 0.2) is 40.5 Å². The largest absolute Gasteiger partial charge is 0.481 e. The fraction of sp³-hybridized carbons (Fsp3) is 0.714. The summed E-state index contributed by atoms with van der Waals surface area (Å²) in [5.41, 5.74) is -0.124. The Balaban J connectivity index is 5.11. The maximum atomic E-state index is 12.6. The van der Waals surface area contributed by atoms with Crippen LogP contribution in [0.4, 0.5) is 0 Å². The number of allylic oxidation sites excluding steroid dienone is 5. The van der Waals surface area contributed by atoms with Crippen molar-refractivity contribution in [3.63, 3.8) is 0 Å². The lowest BCUT2D eigenvalue weighted by Crippen LogP contribution is -2.41. The Morgan fingerprint density at radius 1 is 1.03 bits per heavy atom. The first-order chi connectivity index (χ1) is 16.5. The van der Waals surface area contributed by atoms with Crippen molar-refractivity contribution in [2.45, 2.75) is 110 Å². The molecule has 0 aromatic carbocycles. The minimum atomic E-state index is -0.948. The van der Waals surface area contributed by atoms with Crippen molar-refractivity contribution in [1.29, 1.82) is 0 Å². The van der Waals surface area contributed by atoms with Crippen molar-refractivity contribution < 1.29 is 14.7 Å². The Hall–Kier alpha value is -1.89. The van der Waals surface area contributed by atoms with E-state index >= 15 is 0 Å². The summed E-state index contributed by atoms with van der Waals surface area (Å²) >= 11 is 0.874. The Morgan fingerprint density at radius 2 is 1.63 bits per heavy atom. The number of nitrogens with zero attached hydrogens (tertiary/aromatic N) is 1. The van der Waals surface area contributed by atoms with Crippen LogP contribution in [0, 0.1) is 16.2 Å². The first kappa shape index (κ1) is 33.1. The van der Waals surface area contributed by atoms with Gasteiger partial charge in [0.2, 0.25) is 5.91 Å². The van der Waals surface area contributed by atoms with Gasteiger partial charge in [-0.25, -0.2) is 0 Å². The molecule has 0 aromatic heterocycles. The highest BCUT2D eigenvalue weighted by atomic mass is 32.2. The van der Waals surface area contributed by atoms with Crippen molar-refractivity contribution in [2.24, 2.45) is 15.9 Å². The number of carbonyl (C=O) groups excluding carboxylic acids is 1. The topological polar surface area (TPSA) is 95.8 Å². The van der Waals surface area contributed by atoms with E-state index in [1.165, 1.54) is 44.9 Å². The van der Waals surface area contributed by atoms with Gasteiger partial charge in [0.05, 0.1) is 10.7 Å². The molecule has 1 unspecified atom stereocenters. The molecule has 0 spiro atoms. The number of nitroso groups, excluding NO2 is 1. The summed E-state index contributed by atoms with van der Waals surface area (Å²) in [4.78, 5) is 35.5. The average Bonchev–Trinajstić information content (AvgIpc) is 2.76. The SMILES string of the molecule is CC=CC=C(C=CCCCCCCCCCC)C(C(=O)O)C(C)(C)CC(=O)NCC(C)(C)SN=O. The minimum Gasteiger partial charge on any atom is -0.481 e. The van der Waals surface area contributed by atoms with Crippen LogP contribution in [-0.4, -0.2) is 28.3 Å². The second-order valence-corrected chi connectivity index (χ2v) is 11.9. The lowest BCUT2D eigenvalue weighted by molar-refractivity contribution is -0.144. The van der Waals surface area contributed by atoms with Crippen LogP contribution in [0.5, 0.6) is 0 Å². The molecule has 0 aliphatic rings. The van der Waals surface area contributed by atoms with Gasteiger partial charge < -0.3 is 10.4 Å². The predicted octanol–water partition coefficient (Wildman–Crippen LogP) is 8.00. The van der Waals surface area contributed by atoms with E-state index in [1.807, 2.05) is 58.9 Å². The van der Waals surface area contributed by atoms with E-state index in [4.69, 9.17) is 0 Å². The standard InChI is InChI=1S/C28H48N2O4S/c1-7-9-11-12-13-14-15-16-17-18-20-23(19-10-8-2)25(26(32)33)27(3,4)21-24(31)29-22-28(5,6)35-30-34/h8,10,18-20,25H,7,9,11-17,21-22H2,1-6H3,(H,29,31)(H,32,33). The Bertz CT molecular complexity index is 726. The van der Waals surface area contributed by atoms with Gasteiger partial charge in [-0.15, -0.1) is 4.91 Å². The molecule has 0 aromatic rings. The highest BCUT2D eigenvalue weighted by Gasteiger charge is 2.39. The first-order valence-electron chi connectivity index (χ1n) is 13.0. The zero-order valence-corrected chi connectivity index (χ0v) is 23.6. The highest BCUT2D eigenvalue weighted by Crippen LogP contribution is 2.37. The molecule has 2 N–H and O–H groups in total. The van der Waals surface area contributed by atoms with Gasteiger partial charge >= 0.3 is 5.97 Å². The van der Waals surface area contributed by atoms with E-state index in [1.54, 1.807) is 0 Å². The van der Waals surface area contributed by atoms with Crippen LogP contribution < -0.4 is 5.32 Å². The molecule has 200 valence electrons. The van der Waals surface area contributed by atoms with Gasteiger partial charge in [-0.2, -0.15) is 0 Å². The molecule has 0 saturated heterocycles. The molecule has 0 rings (SSSR count).